The van der Waals surface area contributed by atoms with Crippen molar-refractivity contribution in [2.24, 2.45) is 0 Å². The zero-order chi connectivity index (χ0) is 20.2. The molecule has 0 saturated carbocycles. The van der Waals surface area contributed by atoms with E-state index in [1.54, 1.807) is 20.2 Å². The van der Waals surface area contributed by atoms with Gasteiger partial charge >= 0.3 is 5.97 Å². The number of halogens is 1. The average molecular weight is 426 g/mol. The number of rotatable bonds is 7. The smallest absolute Gasteiger partial charge is 0.357 e. The number of ether oxygens (including phenoxy) is 3. The Morgan fingerprint density at radius 1 is 1.07 bits per heavy atom. The van der Waals surface area contributed by atoms with E-state index in [2.05, 4.69) is 9.97 Å². The van der Waals surface area contributed by atoms with Crippen molar-refractivity contribution in [2.45, 2.75) is 20.1 Å². The Labute approximate surface area is 180 Å². The van der Waals surface area contributed by atoms with Crippen molar-refractivity contribution < 1.29 is 31.4 Å². The molecule has 6 nitrogen and oxygen atoms in total. The van der Waals surface area contributed by atoms with E-state index in [0.717, 1.165) is 33.1 Å². The van der Waals surface area contributed by atoms with Gasteiger partial charge in [-0.2, -0.15) is 0 Å². The minimum Gasteiger partial charge on any atom is -1.00 e. The van der Waals surface area contributed by atoms with Crippen LogP contribution in [0.2, 0.25) is 0 Å². The summed E-state index contributed by atoms with van der Waals surface area (Å²) in [5.74, 6) is 0.299. The summed E-state index contributed by atoms with van der Waals surface area (Å²) in [5.41, 5.74) is 3.85. The molecule has 30 heavy (non-hydrogen) atoms. The number of methoxy groups -OCH3 is 1. The molecule has 0 saturated heterocycles. The van der Waals surface area contributed by atoms with Gasteiger partial charge in [0, 0.05) is 29.0 Å². The van der Waals surface area contributed by atoms with Gasteiger partial charge in [0.25, 0.3) is 0 Å². The summed E-state index contributed by atoms with van der Waals surface area (Å²) in [4.78, 5) is 20.1. The van der Waals surface area contributed by atoms with Crippen LogP contribution < -0.4 is 17.1 Å². The highest BCUT2D eigenvalue weighted by Crippen LogP contribution is 2.33. The molecule has 0 bridgehead atoms. The van der Waals surface area contributed by atoms with Crippen LogP contribution in [-0.4, -0.2) is 29.7 Å². The van der Waals surface area contributed by atoms with Crippen LogP contribution in [0.4, 0.5) is 0 Å². The SMILES string of the molecule is CCOC(=O)c1ncc2[nH]c3ccc(OCc4ccccc4)cc3c2c1COC.[Cl-]. The third kappa shape index (κ3) is 4.25. The lowest BCUT2D eigenvalue weighted by atomic mass is 10.1. The molecule has 0 radical (unpaired) electrons. The zero-order valence-corrected chi connectivity index (χ0v) is 17.5. The second-order valence-corrected chi connectivity index (χ2v) is 6.63. The van der Waals surface area contributed by atoms with Crippen molar-refractivity contribution in [3.8, 4) is 5.75 Å². The Morgan fingerprint density at radius 3 is 2.60 bits per heavy atom. The molecule has 2 aromatic heterocycles. The fourth-order valence-corrected chi connectivity index (χ4v) is 3.43. The summed E-state index contributed by atoms with van der Waals surface area (Å²) >= 11 is 0. The Kier molecular flexibility index (Phi) is 6.92. The second kappa shape index (κ2) is 9.61. The maximum Gasteiger partial charge on any atom is 0.357 e. The third-order valence-electron chi connectivity index (χ3n) is 4.72. The third-order valence-corrected chi connectivity index (χ3v) is 4.72. The number of esters is 1. The molecule has 7 heteroatoms. The number of aromatic nitrogens is 2. The topological polar surface area (TPSA) is 73.4 Å². The van der Waals surface area contributed by atoms with Crippen molar-refractivity contribution in [3.05, 3.63) is 71.5 Å². The number of H-pyrrole nitrogens is 1. The quantitative estimate of drug-likeness (QED) is 0.455. The van der Waals surface area contributed by atoms with Crippen molar-refractivity contribution in [3.63, 3.8) is 0 Å². The fraction of sp³-hybridized carbons (Fsp3) is 0.217. The zero-order valence-electron chi connectivity index (χ0n) is 16.8. The largest absolute Gasteiger partial charge is 1.00 e. The van der Waals surface area contributed by atoms with E-state index in [1.165, 1.54) is 0 Å². The van der Waals surface area contributed by atoms with Crippen LogP contribution in [0, 0.1) is 0 Å². The van der Waals surface area contributed by atoms with Gasteiger partial charge in [-0.05, 0) is 30.7 Å². The van der Waals surface area contributed by atoms with Crippen LogP contribution in [0.25, 0.3) is 21.8 Å². The van der Waals surface area contributed by atoms with Gasteiger partial charge in [0.1, 0.15) is 12.4 Å². The van der Waals surface area contributed by atoms with Gasteiger partial charge in [-0.25, -0.2) is 9.78 Å². The van der Waals surface area contributed by atoms with E-state index in [-0.39, 0.29) is 31.3 Å². The van der Waals surface area contributed by atoms with Crippen LogP contribution in [-0.2, 0) is 22.7 Å². The van der Waals surface area contributed by atoms with Gasteiger partial charge in [0.15, 0.2) is 5.69 Å². The number of carbonyl (C=O) groups is 1. The molecule has 0 spiro atoms. The van der Waals surface area contributed by atoms with Crippen molar-refractivity contribution >= 4 is 27.8 Å². The van der Waals surface area contributed by atoms with Gasteiger partial charge in [0.2, 0.25) is 0 Å². The highest BCUT2D eigenvalue weighted by atomic mass is 35.5. The van der Waals surface area contributed by atoms with E-state index in [1.807, 2.05) is 48.5 Å². The molecule has 0 unspecified atom stereocenters. The normalized spacial score (nSPS) is 10.7. The van der Waals surface area contributed by atoms with Crippen molar-refractivity contribution in [1.29, 1.82) is 0 Å². The Bertz CT molecular complexity index is 1160. The highest BCUT2D eigenvalue weighted by Gasteiger charge is 2.20. The Morgan fingerprint density at radius 2 is 1.87 bits per heavy atom. The number of pyridine rings is 1. The summed E-state index contributed by atoms with van der Waals surface area (Å²) in [6.45, 7) is 2.79. The van der Waals surface area contributed by atoms with Gasteiger partial charge in [-0.3, -0.25) is 0 Å². The maximum atomic E-state index is 12.4. The molecule has 0 aliphatic carbocycles. The minimum atomic E-state index is -0.452. The van der Waals surface area contributed by atoms with Gasteiger partial charge in [-0.15, -0.1) is 0 Å². The number of aromatic amines is 1. The number of nitrogens with one attached hydrogen (secondary N) is 1. The molecule has 0 aliphatic rings. The van der Waals surface area contributed by atoms with E-state index >= 15 is 0 Å². The summed E-state index contributed by atoms with van der Waals surface area (Å²) in [6, 6.07) is 15.9. The molecule has 1 N–H and O–H groups in total. The fourth-order valence-electron chi connectivity index (χ4n) is 3.43. The number of nitrogens with zero attached hydrogens (tertiary/aromatic N) is 1. The standard InChI is InChI=1S/C23H22N2O4.ClH/c1-3-28-23(26)22-18(14-27-2)21-17-11-16(29-13-15-7-5-4-6-8-15)9-10-19(17)25-20(21)12-24-22;/h4-12,25H,3,13-14H2,1-2H3;1H/p-1. The van der Waals surface area contributed by atoms with Crippen LogP contribution >= 0.6 is 0 Å². The monoisotopic (exact) mass is 425 g/mol. The summed E-state index contributed by atoms with van der Waals surface area (Å²) in [7, 11) is 1.59. The number of hydrogen-bond acceptors (Lipinski definition) is 5. The molecule has 0 fully saturated rings. The lowest BCUT2D eigenvalue weighted by Gasteiger charge is -2.10. The van der Waals surface area contributed by atoms with Gasteiger partial charge in [-0.1, -0.05) is 30.3 Å². The molecule has 0 atom stereocenters. The van der Waals surface area contributed by atoms with E-state index in [0.29, 0.717) is 12.2 Å². The van der Waals surface area contributed by atoms with Crippen molar-refractivity contribution in [1.82, 2.24) is 9.97 Å². The summed E-state index contributed by atoms with van der Waals surface area (Å²) < 4.78 is 16.5. The first-order valence-electron chi connectivity index (χ1n) is 9.47. The predicted octanol–water partition coefficient (Wildman–Crippen LogP) is 1.62. The maximum absolute atomic E-state index is 12.4. The van der Waals surface area contributed by atoms with Crippen LogP contribution in [0.3, 0.4) is 0 Å². The first-order chi connectivity index (χ1) is 14.2. The van der Waals surface area contributed by atoms with Gasteiger partial charge in [0.05, 0.1) is 24.9 Å². The van der Waals surface area contributed by atoms with Crippen LogP contribution in [0.1, 0.15) is 28.5 Å². The number of hydrogen-bond donors (Lipinski definition) is 1. The second-order valence-electron chi connectivity index (χ2n) is 6.63. The lowest BCUT2D eigenvalue weighted by molar-refractivity contribution is -0.0000244. The lowest BCUT2D eigenvalue weighted by Crippen LogP contribution is -3.00. The highest BCUT2D eigenvalue weighted by molar-refractivity contribution is 6.11. The first kappa shape index (κ1) is 21.6. The first-order valence-corrected chi connectivity index (χ1v) is 9.47. The average Bonchev–Trinajstić information content (AvgIpc) is 3.12. The molecule has 2 aromatic carbocycles. The number of fused-ring (bicyclic) bond motifs is 3. The Balaban J connectivity index is 0.00000256. The predicted molar refractivity (Wildman–Crippen MR) is 111 cm³/mol. The van der Waals surface area contributed by atoms with Gasteiger partial charge < -0.3 is 31.6 Å². The van der Waals surface area contributed by atoms with E-state index < -0.39 is 5.97 Å². The molecule has 4 rings (SSSR count). The summed E-state index contributed by atoms with van der Waals surface area (Å²) in [6.07, 6.45) is 1.66. The van der Waals surface area contributed by atoms with Crippen LogP contribution in [0.5, 0.6) is 5.75 Å². The number of carbonyl (C=O) groups excluding carboxylic acids is 1. The molecule has 156 valence electrons. The summed E-state index contributed by atoms with van der Waals surface area (Å²) in [5, 5.41) is 1.84. The molecular weight excluding hydrogens is 404 g/mol. The molecule has 4 aromatic rings. The Hall–Kier alpha value is -3.09. The minimum absolute atomic E-state index is 0. The van der Waals surface area contributed by atoms with Crippen LogP contribution in [0.15, 0.2) is 54.7 Å². The van der Waals surface area contributed by atoms with Crippen molar-refractivity contribution in [2.75, 3.05) is 13.7 Å². The number of benzene rings is 2. The molecular formula is C23H22ClN2O4-. The molecule has 0 aliphatic heterocycles. The van der Waals surface area contributed by atoms with E-state index in [4.69, 9.17) is 14.2 Å². The van der Waals surface area contributed by atoms with E-state index in [9.17, 15) is 4.79 Å². The molecule has 0 amide bonds. The molecule has 2 heterocycles.